The highest BCUT2D eigenvalue weighted by Gasteiger charge is 2.28. The number of rotatable bonds is 1. The fourth-order valence-electron chi connectivity index (χ4n) is 2.62. The van der Waals surface area contributed by atoms with Crippen LogP contribution in [-0.2, 0) is 6.42 Å². The molecule has 5 heteroatoms. The van der Waals surface area contributed by atoms with Gasteiger partial charge in [0, 0.05) is 0 Å². The van der Waals surface area contributed by atoms with E-state index in [1.807, 2.05) is 17.7 Å². The number of aryl methyl sites for hydroxylation is 1. The molecule has 1 aromatic carbocycles. The van der Waals surface area contributed by atoms with Crippen LogP contribution >= 0.6 is 22.6 Å². The summed E-state index contributed by atoms with van der Waals surface area (Å²) in [7, 11) is 0. The number of anilines is 1. The van der Waals surface area contributed by atoms with Gasteiger partial charge in [-0.15, -0.1) is 0 Å². The second-order valence-corrected chi connectivity index (χ2v) is 5.67. The molecule has 0 fully saturated rings. The van der Waals surface area contributed by atoms with Gasteiger partial charge in [-0.05, 0) is 59.5 Å². The summed E-state index contributed by atoms with van der Waals surface area (Å²) < 4.78 is 16.5. The summed E-state index contributed by atoms with van der Waals surface area (Å²) in [4.78, 5) is 0. The van der Waals surface area contributed by atoms with E-state index in [-0.39, 0.29) is 11.9 Å². The zero-order valence-corrected chi connectivity index (χ0v) is 12.1. The third kappa shape index (κ3) is 1.64. The second kappa shape index (κ2) is 4.22. The van der Waals surface area contributed by atoms with Crippen LogP contribution in [0.3, 0.4) is 0 Å². The van der Waals surface area contributed by atoms with Gasteiger partial charge in [0.1, 0.15) is 11.6 Å². The lowest BCUT2D eigenvalue weighted by atomic mass is 10.1. The largest absolute Gasteiger partial charge is 0.383 e. The Morgan fingerprint density at radius 3 is 2.94 bits per heavy atom. The third-order valence-corrected chi connectivity index (χ3v) is 4.86. The zero-order valence-electron chi connectivity index (χ0n) is 9.95. The van der Waals surface area contributed by atoms with Crippen LogP contribution in [0.5, 0.6) is 0 Å². The molecule has 94 valence electrons. The molecular weight excluding hydrogens is 344 g/mol. The Hall–Kier alpha value is -1.11. The molecular formula is C13H13FIN3. The molecule has 2 aromatic rings. The van der Waals surface area contributed by atoms with Crippen molar-refractivity contribution in [3.63, 3.8) is 0 Å². The minimum atomic E-state index is -0.118. The molecule has 0 spiro atoms. The molecule has 0 radical (unpaired) electrons. The van der Waals surface area contributed by atoms with Crippen LogP contribution < -0.4 is 5.73 Å². The maximum Gasteiger partial charge on any atom is 0.136 e. The summed E-state index contributed by atoms with van der Waals surface area (Å²) in [5, 5.41) is 4.48. The number of nitrogens with two attached hydrogens (primary N) is 1. The quantitative estimate of drug-likeness (QED) is 0.798. The Morgan fingerprint density at radius 1 is 1.50 bits per heavy atom. The Kier molecular flexibility index (Phi) is 2.80. The summed E-state index contributed by atoms with van der Waals surface area (Å²) in [6.45, 7) is 1.94. The van der Waals surface area contributed by atoms with Gasteiger partial charge in [0.25, 0.3) is 0 Å². The monoisotopic (exact) mass is 357 g/mol. The van der Waals surface area contributed by atoms with E-state index in [1.54, 1.807) is 6.07 Å². The molecule has 1 atom stereocenters. The van der Waals surface area contributed by atoms with E-state index in [0.29, 0.717) is 5.82 Å². The number of hydrogen-bond acceptors (Lipinski definition) is 2. The average molecular weight is 357 g/mol. The molecule has 1 unspecified atom stereocenters. The van der Waals surface area contributed by atoms with E-state index < -0.39 is 0 Å². The van der Waals surface area contributed by atoms with Crippen molar-refractivity contribution in [3.05, 3.63) is 44.4 Å². The van der Waals surface area contributed by atoms with Crippen LogP contribution in [0.4, 0.5) is 10.2 Å². The van der Waals surface area contributed by atoms with Gasteiger partial charge >= 0.3 is 0 Å². The molecule has 1 aliphatic carbocycles. The van der Waals surface area contributed by atoms with Gasteiger partial charge in [-0.2, -0.15) is 5.10 Å². The maximum absolute atomic E-state index is 13.7. The first kappa shape index (κ1) is 12.0. The van der Waals surface area contributed by atoms with Crippen LogP contribution in [0.15, 0.2) is 18.2 Å². The first-order valence-electron chi connectivity index (χ1n) is 5.87. The van der Waals surface area contributed by atoms with Crippen molar-refractivity contribution in [2.24, 2.45) is 0 Å². The van der Waals surface area contributed by atoms with Crippen molar-refractivity contribution in [2.45, 2.75) is 25.8 Å². The Bertz CT molecular complexity index is 621. The van der Waals surface area contributed by atoms with Crippen molar-refractivity contribution in [2.75, 3.05) is 5.73 Å². The molecule has 0 bridgehead atoms. The predicted octanol–water partition coefficient (Wildman–Crippen LogP) is 3.05. The first-order valence-corrected chi connectivity index (χ1v) is 6.95. The summed E-state index contributed by atoms with van der Waals surface area (Å²) in [6.07, 6.45) is 1.61. The minimum Gasteiger partial charge on any atom is -0.383 e. The molecule has 0 aliphatic heterocycles. The van der Waals surface area contributed by atoms with Crippen LogP contribution in [-0.4, -0.2) is 9.78 Å². The number of nitrogen functional groups attached to an aromatic ring is 1. The molecule has 18 heavy (non-hydrogen) atoms. The lowest BCUT2D eigenvalue weighted by Crippen LogP contribution is -2.12. The fraction of sp³-hybridized carbons (Fsp3) is 0.308. The number of nitrogens with zero attached hydrogens (tertiary/aromatic N) is 2. The Balaban J connectivity index is 2.12. The number of benzene rings is 1. The van der Waals surface area contributed by atoms with E-state index in [1.165, 1.54) is 6.07 Å². The Morgan fingerprint density at radius 2 is 2.28 bits per heavy atom. The summed E-state index contributed by atoms with van der Waals surface area (Å²) >= 11 is 2.20. The number of halogens is 2. The SMILES string of the molecule is Cc1nn(C2CCc3c(F)cccc32)c(N)c1I. The molecule has 3 nitrogen and oxygen atoms in total. The summed E-state index contributed by atoms with van der Waals surface area (Å²) in [6, 6.07) is 5.31. The minimum absolute atomic E-state index is 0.0675. The van der Waals surface area contributed by atoms with Crippen LogP contribution in [0.25, 0.3) is 0 Å². The standard InChI is InChI=1S/C13H13FIN3/c1-7-12(15)13(16)18(17-7)11-6-5-8-9(11)3-2-4-10(8)14/h2-4,11H,5-6,16H2,1H3. The summed E-state index contributed by atoms with van der Waals surface area (Å²) in [5.41, 5.74) is 8.83. The first-order chi connectivity index (χ1) is 8.59. The van der Waals surface area contributed by atoms with Gasteiger partial charge in [0.15, 0.2) is 0 Å². The van der Waals surface area contributed by atoms with E-state index >= 15 is 0 Å². The third-order valence-electron chi connectivity index (χ3n) is 3.52. The van der Waals surface area contributed by atoms with Gasteiger partial charge in [-0.25, -0.2) is 9.07 Å². The van der Waals surface area contributed by atoms with E-state index in [9.17, 15) is 4.39 Å². The number of aromatic nitrogens is 2. The van der Waals surface area contributed by atoms with Gasteiger partial charge in [0.05, 0.1) is 15.3 Å². The van der Waals surface area contributed by atoms with Gasteiger partial charge in [-0.3, -0.25) is 0 Å². The smallest absolute Gasteiger partial charge is 0.136 e. The van der Waals surface area contributed by atoms with Crippen molar-refractivity contribution < 1.29 is 4.39 Å². The van der Waals surface area contributed by atoms with Crippen LogP contribution in [0.1, 0.15) is 29.3 Å². The normalized spacial score (nSPS) is 18.1. The van der Waals surface area contributed by atoms with Gasteiger partial charge < -0.3 is 5.73 Å². The number of hydrogen-bond donors (Lipinski definition) is 1. The maximum atomic E-state index is 13.7. The highest BCUT2D eigenvalue weighted by Crippen LogP contribution is 2.37. The summed E-state index contributed by atoms with van der Waals surface area (Å²) in [5.74, 6) is 0.558. The predicted molar refractivity (Wildman–Crippen MR) is 77.0 cm³/mol. The van der Waals surface area contributed by atoms with Gasteiger partial charge in [0.2, 0.25) is 0 Å². The van der Waals surface area contributed by atoms with Crippen LogP contribution in [0, 0.1) is 16.3 Å². The molecule has 1 aliphatic rings. The molecule has 1 aromatic heterocycles. The molecule has 2 N–H and O–H groups in total. The highest BCUT2D eigenvalue weighted by molar-refractivity contribution is 14.1. The average Bonchev–Trinajstić information content (AvgIpc) is 2.88. The van der Waals surface area contributed by atoms with E-state index in [2.05, 4.69) is 27.7 Å². The topological polar surface area (TPSA) is 43.8 Å². The lowest BCUT2D eigenvalue weighted by molar-refractivity contribution is 0.524. The molecule has 0 saturated carbocycles. The molecule has 1 heterocycles. The van der Waals surface area contributed by atoms with Crippen molar-refractivity contribution in [1.82, 2.24) is 9.78 Å². The molecule has 3 rings (SSSR count). The molecule has 0 saturated heterocycles. The van der Waals surface area contributed by atoms with E-state index in [4.69, 9.17) is 5.73 Å². The van der Waals surface area contributed by atoms with Crippen molar-refractivity contribution in [3.8, 4) is 0 Å². The van der Waals surface area contributed by atoms with Crippen molar-refractivity contribution >= 4 is 28.4 Å². The zero-order chi connectivity index (χ0) is 12.9. The van der Waals surface area contributed by atoms with Crippen molar-refractivity contribution in [1.29, 1.82) is 0 Å². The van der Waals surface area contributed by atoms with Crippen LogP contribution in [0.2, 0.25) is 0 Å². The highest BCUT2D eigenvalue weighted by atomic mass is 127. The second-order valence-electron chi connectivity index (χ2n) is 4.59. The molecule has 0 amide bonds. The fourth-order valence-corrected chi connectivity index (χ4v) is 2.98. The lowest BCUT2D eigenvalue weighted by Gasteiger charge is -2.14. The number of fused-ring (bicyclic) bond motifs is 1. The Labute approximate surface area is 118 Å². The van der Waals surface area contributed by atoms with E-state index in [0.717, 1.165) is 33.2 Å². The van der Waals surface area contributed by atoms with Gasteiger partial charge in [-0.1, -0.05) is 12.1 Å².